The highest BCUT2D eigenvalue weighted by Crippen LogP contribution is 2.23. The molecule has 0 N–H and O–H groups in total. The van der Waals surface area contributed by atoms with Gasteiger partial charge in [0.2, 0.25) is 0 Å². The van der Waals surface area contributed by atoms with Crippen LogP contribution in [0.25, 0.3) is 0 Å². The van der Waals surface area contributed by atoms with Crippen LogP contribution < -0.4 is 4.74 Å². The number of pyridine rings is 1. The normalized spacial score (nSPS) is 10.4. The molecule has 1 rings (SSSR count). The molecule has 0 atom stereocenters. The molecule has 1 aromatic heterocycles. The van der Waals surface area contributed by atoms with Gasteiger partial charge in [0, 0.05) is 17.8 Å². The van der Waals surface area contributed by atoms with Gasteiger partial charge in [0.25, 0.3) is 6.43 Å². The molecule has 0 radical (unpaired) electrons. The molecule has 66 valence electrons. The number of hydrogen-bond donors (Lipinski definition) is 0. The molecule has 0 fully saturated rings. The minimum atomic E-state index is -2.54. The fourth-order valence-electron chi connectivity index (χ4n) is 0.860. The number of ether oxygens (including phenoxy) is 1. The lowest BCUT2D eigenvalue weighted by Crippen LogP contribution is -1.94. The van der Waals surface area contributed by atoms with E-state index in [4.69, 9.17) is 4.74 Å². The Morgan fingerprint density at radius 1 is 1.50 bits per heavy atom. The predicted molar refractivity (Wildman–Crippen MR) is 40.5 cm³/mol. The van der Waals surface area contributed by atoms with Gasteiger partial charge in [0.15, 0.2) is 0 Å². The average Bonchev–Trinajstić information content (AvgIpc) is 2.05. The third-order valence-corrected chi connectivity index (χ3v) is 1.52. The second-order valence-corrected chi connectivity index (χ2v) is 2.38. The maximum absolute atomic E-state index is 12.1. The van der Waals surface area contributed by atoms with Gasteiger partial charge in [-0.3, -0.25) is 4.98 Å². The van der Waals surface area contributed by atoms with Gasteiger partial charge in [-0.05, 0) is 6.92 Å². The average molecular weight is 173 g/mol. The first-order valence-electron chi connectivity index (χ1n) is 3.44. The van der Waals surface area contributed by atoms with Gasteiger partial charge in [-0.25, -0.2) is 8.78 Å². The maximum atomic E-state index is 12.1. The molecule has 0 saturated heterocycles. The first kappa shape index (κ1) is 8.90. The van der Waals surface area contributed by atoms with Crippen molar-refractivity contribution in [3.63, 3.8) is 0 Å². The van der Waals surface area contributed by atoms with Crippen molar-refractivity contribution in [2.45, 2.75) is 13.3 Å². The molecular formula is C8H9F2NO. The number of alkyl halides is 2. The lowest BCUT2D eigenvalue weighted by atomic mass is 10.2. The molecular weight excluding hydrogens is 164 g/mol. The van der Waals surface area contributed by atoms with E-state index in [1.165, 1.54) is 19.4 Å². The topological polar surface area (TPSA) is 22.1 Å². The van der Waals surface area contributed by atoms with E-state index in [2.05, 4.69) is 4.98 Å². The number of nitrogens with zero attached hydrogens (tertiary/aromatic N) is 1. The molecule has 0 aliphatic heterocycles. The van der Waals surface area contributed by atoms with Crippen molar-refractivity contribution < 1.29 is 13.5 Å². The molecule has 0 bridgehead atoms. The number of methoxy groups -OCH3 is 1. The van der Waals surface area contributed by atoms with E-state index in [-0.39, 0.29) is 5.69 Å². The van der Waals surface area contributed by atoms with Crippen LogP contribution in [-0.2, 0) is 0 Å². The van der Waals surface area contributed by atoms with Crippen LogP contribution in [0.4, 0.5) is 8.78 Å². The minimum absolute atomic E-state index is 0.252. The smallest absolute Gasteiger partial charge is 0.280 e. The summed E-state index contributed by atoms with van der Waals surface area (Å²) in [6, 6.07) is 1.25. The Bertz CT molecular complexity index is 276. The van der Waals surface area contributed by atoms with Crippen LogP contribution in [0.15, 0.2) is 12.3 Å². The van der Waals surface area contributed by atoms with Gasteiger partial charge in [0.1, 0.15) is 11.4 Å². The first-order chi connectivity index (χ1) is 5.65. The quantitative estimate of drug-likeness (QED) is 0.684. The number of aromatic nitrogens is 1. The Balaban J connectivity index is 3.05. The van der Waals surface area contributed by atoms with Gasteiger partial charge in [-0.15, -0.1) is 0 Å². The number of halogens is 2. The van der Waals surface area contributed by atoms with Crippen molar-refractivity contribution in [3.8, 4) is 5.75 Å². The molecule has 4 heteroatoms. The Kier molecular flexibility index (Phi) is 2.58. The molecule has 12 heavy (non-hydrogen) atoms. The zero-order chi connectivity index (χ0) is 9.14. The summed E-state index contributed by atoms with van der Waals surface area (Å²) < 4.78 is 29.1. The monoisotopic (exact) mass is 173 g/mol. The van der Waals surface area contributed by atoms with Gasteiger partial charge in [-0.2, -0.15) is 0 Å². The van der Waals surface area contributed by atoms with Crippen LogP contribution in [0.5, 0.6) is 5.75 Å². The predicted octanol–water partition coefficient (Wildman–Crippen LogP) is 2.34. The molecule has 0 saturated carbocycles. The summed E-state index contributed by atoms with van der Waals surface area (Å²) >= 11 is 0. The number of hydrogen-bond acceptors (Lipinski definition) is 2. The molecule has 1 aromatic rings. The summed E-state index contributed by atoms with van der Waals surface area (Å²) in [6.45, 7) is 1.75. The third kappa shape index (κ3) is 1.69. The summed E-state index contributed by atoms with van der Waals surface area (Å²) in [6.07, 6.45) is -1.17. The zero-order valence-electron chi connectivity index (χ0n) is 6.84. The van der Waals surface area contributed by atoms with Crippen LogP contribution >= 0.6 is 0 Å². The highest BCUT2D eigenvalue weighted by atomic mass is 19.3. The van der Waals surface area contributed by atoms with E-state index in [9.17, 15) is 8.78 Å². The number of rotatable bonds is 2. The largest absolute Gasteiger partial charge is 0.496 e. The van der Waals surface area contributed by atoms with Crippen molar-refractivity contribution in [1.29, 1.82) is 0 Å². The Morgan fingerprint density at radius 3 is 2.67 bits per heavy atom. The van der Waals surface area contributed by atoms with Crippen molar-refractivity contribution in [2.75, 3.05) is 7.11 Å². The molecule has 0 aliphatic carbocycles. The fourth-order valence-corrected chi connectivity index (χ4v) is 0.860. The maximum Gasteiger partial charge on any atom is 0.280 e. The lowest BCUT2D eigenvalue weighted by molar-refractivity contribution is 0.145. The standard InChI is InChI=1S/C8H9F2NO/c1-5-4-11-6(8(9)10)3-7(5)12-2/h3-4,8H,1-2H3. The summed E-state index contributed by atoms with van der Waals surface area (Å²) in [5, 5.41) is 0. The van der Waals surface area contributed by atoms with Crippen molar-refractivity contribution in [1.82, 2.24) is 4.98 Å². The van der Waals surface area contributed by atoms with Gasteiger partial charge < -0.3 is 4.74 Å². The lowest BCUT2D eigenvalue weighted by Gasteiger charge is -2.05. The highest BCUT2D eigenvalue weighted by molar-refractivity contribution is 5.32. The number of aryl methyl sites for hydroxylation is 1. The van der Waals surface area contributed by atoms with Crippen molar-refractivity contribution in [2.24, 2.45) is 0 Å². The SMILES string of the molecule is COc1cc(C(F)F)ncc1C. The molecule has 0 amide bonds. The highest BCUT2D eigenvalue weighted by Gasteiger charge is 2.10. The third-order valence-electron chi connectivity index (χ3n) is 1.52. The molecule has 0 spiro atoms. The molecule has 1 heterocycles. The van der Waals surface area contributed by atoms with E-state index in [1.54, 1.807) is 6.92 Å². The second kappa shape index (κ2) is 3.47. The minimum Gasteiger partial charge on any atom is -0.496 e. The van der Waals surface area contributed by atoms with Gasteiger partial charge in [0.05, 0.1) is 7.11 Å². The van der Waals surface area contributed by atoms with E-state index >= 15 is 0 Å². The summed E-state index contributed by atoms with van der Waals surface area (Å²) in [5.41, 5.74) is 0.499. The van der Waals surface area contributed by atoms with Crippen LogP contribution in [0, 0.1) is 6.92 Å². The van der Waals surface area contributed by atoms with Crippen molar-refractivity contribution >= 4 is 0 Å². The Hall–Kier alpha value is -1.19. The second-order valence-electron chi connectivity index (χ2n) is 2.38. The fraction of sp³-hybridized carbons (Fsp3) is 0.375. The van der Waals surface area contributed by atoms with Gasteiger partial charge >= 0.3 is 0 Å². The molecule has 0 unspecified atom stereocenters. The van der Waals surface area contributed by atoms with Crippen LogP contribution in [0.1, 0.15) is 17.7 Å². The summed E-state index contributed by atoms with van der Waals surface area (Å²) in [5.74, 6) is 0.445. The first-order valence-corrected chi connectivity index (χ1v) is 3.44. The van der Waals surface area contributed by atoms with Crippen molar-refractivity contribution in [3.05, 3.63) is 23.5 Å². The van der Waals surface area contributed by atoms with Crippen LogP contribution in [-0.4, -0.2) is 12.1 Å². The molecule has 0 aliphatic rings. The van der Waals surface area contributed by atoms with Gasteiger partial charge in [-0.1, -0.05) is 0 Å². The zero-order valence-corrected chi connectivity index (χ0v) is 6.84. The van der Waals surface area contributed by atoms with E-state index in [0.717, 1.165) is 5.56 Å². The van der Waals surface area contributed by atoms with E-state index < -0.39 is 6.43 Å². The van der Waals surface area contributed by atoms with E-state index in [0.29, 0.717) is 5.75 Å². The Labute approximate surface area is 69.2 Å². The molecule has 2 nitrogen and oxygen atoms in total. The van der Waals surface area contributed by atoms with Crippen LogP contribution in [0.2, 0.25) is 0 Å². The Morgan fingerprint density at radius 2 is 2.17 bits per heavy atom. The molecule has 0 aromatic carbocycles. The summed E-state index contributed by atoms with van der Waals surface area (Å²) in [7, 11) is 1.44. The van der Waals surface area contributed by atoms with E-state index in [1.807, 2.05) is 0 Å². The van der Waals surface area contributed by atoms with Crippen LogP contribution in [0.3, 0.4) is 0 Å². The summed E-state index contributed by atoms with van der Waals surface area (Å²) in [4.78, 5) is 3.56.